The molecule has 0 radical (unpaired) electrons. The number of halogens is 3. The van der Waals surface area contributed by atoms with Crippen LogP contribution in [-0.4, -0.2) is 50.9 Å². The highest BCUT2D eigenvalue weighted by Gasteiger charge is 2.48. The van der Waals surface area contributed by atoms with E-state index in [0.717, 1.165) is 9.62 Å². The van der Waals surface area contributed by atoms with E-state index >= 15 is 0 Å². The summed E-state index contributed by atoms with van der Waals surface area (Å²) in [5.41, 5.74) is 0. The maximum Gasteiger partial charge on any atom is 0.437 e. The Morgan fingerprint density at radius 3 is 1.18 bits per heavy atom. The quantitative estimate of drug-likeness (QED) is 0.560. The Bertz CT molecular complexity index is 115. The first-order chi connectivity index (χ1) is 4.76. The van der Waals surface area contributed by atoms with E-state index in [0.29, 0.717) is 0 Å². The Balaban J connectivity index is 4.35. The number of hydrogen-bond acceptors (Lipinski definition) is 2. The normalized spacial score (nSPS) is 12.8. The largest absolute Gasteiger partial charge is 0.437 e. The highest BCUT2D eigenvalue weighted by molar-refractivity contribution is 6.54. The molecule has 0 aromatic rings. The summed E-state index contributed by atoms with van der Waals surface area (Å²) in [6.45, 7) is -1.50. The van der Waals surface area contributed by atoms with Gasteiger partial charge in [-0.25, -0.2) is 0 Å². The topological polar surface area (TPSA) is 6.48 Å². The van der Waals surface area contributed by atoms with Gasteiger partial charge in [0.1, 0.15) is 0 Å². The summed E-state index contributed by atoms with van der Waals surface area (Å²) in [5.74, 6) is 0. The van der Waals surface area contributed by atoms with E-state index in [1.165, 1.54) is 28.2 Å². The summed E-state index contributed by atoms with van der Waals surface area (Å²) in [7, 11) is 5.60. The van der Waals surface area contributed by atoms with Crippen LogP contribution in [0.3, 0.4) is 0 Å². The van der Waals surface area contributed by atoms with Crippen molar-refractivity contribution < 1.29 is 13.2 Å². The number of alkyl halides is 3. The zero-order chi connectivity index (χ0) is 9.23. The van der Waals surface area contributed by atoms with E-state index in [9.17, 15) is 13.2 Å². The lowest BCUT2D eigenvalue weighted by Crippen LogP contribution is -2.56. The van der Waals surface area contributed by atoms with Crippen molar-refractivity contribution in [1.29, 1.82) is 0 Å². The fraction of sp³-hybridized carbons (Fsp3) is 1.00. The Labute approximate surface area is 65.1 Å². The van der Waals surface area contributed by atoms with E-state index in [4.69, 9.17) is 0 Å². The molecule has 0 spiro atoms. The fourth-order valence-corrected chi connectivity index (χ4v) is 1.05. The molecule has 2 nitrogen and oxygen atoms in total. The van der Waals surface area contributed by atoms with E-state index in [-0.39, 0.29) is 0 Å². The van der Waals surface area contributed by atoms with Crippen molar-refractivity contribution in [3.63, 3.8) is 0 Å². The molecule has 6 heteroatoms. The van der Waals surface area contributed by atoms with E-state index in [1.54, 1.807) is 0 Å². The van der Waals surface area contributed by atoms with Gasteiger partial charge in [0.05, 0.1) is 0 Å². The van der Waals surface area contributed by atoms with Crippen LogP contribution in [0.5, 0.6) is 0 Å². The molecule has 0 saturated carbocycles. The molecule has 0 aliphatic carbocycles. The third kappa shape index (κ3) is 3.11. The summed E-state index contributed by atoms with van der Waals surface area (Å²) < 4.78 is 36.4. The fourth-order valence-electron chi connectivity index (χ4n) is 1.05. The molecule has 0 aromatic heterocycles. The van der Waals surface area contributed by atoms with Crippen LogP contribution >= 0.6 is 0 Å². The highest BCUT2D eigenvalue weighted by atomic mass is 19.4. The van der Waals surface area contributed by atoms with Gasteiger partial charge in [0.15, 0.2) is 0 Å². The minimum absolute atomic E-state index is 1.12. The maximum atomic E-state index is 12.1. The molecular weight excluding hydrogens is 156 g/mol. The molecule has 0 aromatic carbocycles. The van der Waals surface area contributed by atoms with Crippen molar-refractivity contribution in [2.75, 3.05) is 28.2 Å². The van der Waals surface area contributed by atoms with Gasteiger partial charge in [-0.15, -0.1) is 0 Å². The van der Waals surface area contributed by atoms with Gasteiger partial charge in [0, 0.05) is 0 Å². The molecule has 0 bridgehead atoms. The van der Waals surface area contributed by atoms with Gasteiger partial charge in [-0.3, -0.25) is 0 Å². The molecule has 0 fully saturated rings. The molecule has 0 aliphatic heterocycles. The highest BCUT2D eigenvalue weighted by Crippen LogP contribution is 2.20. The Morgan fingerprint density at radius 1 is 0.909 bits per heavy atom. The molecule has 0 amide bonds. The lowest BCUT2D eigenvalue weighted by molar-refractivity contribution is -0.0642. The molecule has 0 unspecified atom stereocenters. The summed E-state index contributed by atoms with van der Waals surface area (Å²) in [4.78, 5) is 2.25. The average Bonchev–Trinajstić information content (AvgIpc) is 1.54. The lowest BCUT2D eigenvalue weighted by Gasteiger charge is -2.27. The van der Waals surface area contributed by atoms with Crippen molar-refractivity contribution >= 4 is 6.98 Å². The Hall–Kier alpha value is -0.225. The van der Waals surface area contributed by atoms with Gasteiger partial charge < -0.3 is 9.62 Å². The second kappa shape index (κ2) is 3.45. The van der Waals surface area contributed by atoms with Gasteiger partial charge in [0.2, 0.25) is 0 Å². The molecule has 66 valence electrons. The molecule has 0 aliphatic rings. The van der Waals surface area contributed by atoms with Crippen molar-refractivity contribution in [3.8, 4) is 0 Å². The first-order valence-corrected chi connectivity index (χ1v) is 3.16. The zero-order valence-electron chi connectivity index (χ0n) is 7.11. The third-order valence-electron chi connectivity index (χ3n) is 1.27. The van der Waals surface area contributed by atoms with Crippen molar-refractivity contribution in [1.82, 2.24) is 9.62 Å². The van der Waals surface area contributed by atoms with Crippen molar-refractivity contribution in [3.05, 3.63) is 0 Å². The van der Waals surface area contributed by atoms with Gasteiger partial charge in [-0.05, 0) is 28.2 Å². The van der Waals surface area contributed by atoms with Gasteiger partial charge in [0.25, 0.3) is 0 Å². The van der Waals surface area contributed by atoms with E-state index in [1.807, 2.05) is 0 Å². The molecule has 0 N–H and O–H groups in total. The van der Waals surface area contributed by atoms with Crippen LogP contribution in [-0.2, 0) is 0 Å². The van der Waals surface area contributed by atoms with Gasteiger partial charge >= 0.3 is 13.1 Å². The number of hydrogen-bond donors (Lipinski definition) is 0. The van der Waals surface area contributed by atoms with Crippen LogP contribution in [0.1, 0.15) is 0 Å². The minimum atomic E-state index is -4.19. The molecular formula is C5H12BF3N2. The lowest BCUT2D eigenvalue weighted by atomic mass is 9.72. The summed E-state index contributed by atoms with van der Waals surface area (Å²) in [5, 5.41) is 0. The molecule has 0 atom stereocenters. The summed E-state index contributed by atoms with van der Waals surface area (Å²) >= 11 is 0. The predicted molar refractivity (Wildman–Crippen MR) is 39.2 cm³/mol. The summed E-state index contributed by atoms with van der Waals surface area (Å²) in [6, 6.07) is 0. The van der Waals surface area contributed by atoms with Crippen LogP contribution in [0.4, 0.5) is 13.2 Å². The van der Waals surface area contributed by atoms with Crippen LogP contribution in [0, 0.1) is 0 Å². The Morgan fingerprint density at radius 2 is 1.18 bits per heavy atom. The minimum Gasteiger partial charge on any atom is -0.326 e. The number of nitrogens with zero attached hydrogens (tertiary/aromatic N) is 2. The van der Waals surface area contributed by atoms with E-state index in [2.05, 4.69) is 0 Å². The van der Waals surface area contributed by atoms with Crippen LogP contribution in [0.25, 0.3) is 0 Å². The molecule has 0 saturated heterocycles. The predicted octanol–water partition coefficient (Wildman–Crippen LogP) is 0.699. The van der Waals surface area contributed by atoms with Gasteiger partial charge in [-0.1, -0.05) is 0 Å². The number of rotatable bonds is 2. The average molecular weight is 168 g/mol. The molecule has 0 rings (SSSR count). The third-order valence-corrected chi connectivity index (χ3v) is 1.27. The van der Waals surface area contributed by atoms with Crippen molar-refractivity contribution in [2.45, 2.75) is 6.08 Å². The van der Waals surface area contributed by atoms with Crippen molar-refractivity contribution in [2.24, 2.45) is 0 Å². The van der Waals surface area contributed by atoms with Crippen LogP contribution < -0.4 is 0 Å². The second-order valence-electron chi connectivity index (χ2n) is 2.84. The monoisotopic (exact) mass is 168 g/mol. The first-order valence-electron chi connectivity index (χ1n) is 3.16. The molecule has 0 heterocycles. The zero-order valence-corrected chi connectivity index (χ0v) is 7.11. The molecule has 11 heavy (non-hydrogen) atoms. The Kier molecular flexibility index (Phi) is 3.38. The standard InChI is InChI=1S/C5H12BF3N2/c1-10(2)6(11(3)4)5(7,8)9/h1-4H3. The maximum absolute atomic E-state index is 12.1. The van der Waals surface area contributed by atoms with Crippen LogP contribution in [0.2, 0.25) is 0 Å². The van der Waals surface area contributed by atoms with E-state index < -0.39 is 13.1 Å². The van der Waals surface area contributed by atoms with Crippen LogP contribution in [0.15, 0.2) is 0 Å². The van der Waals surface area contributed by atoms with Gasteiger partial charge in [-0.2, -0.15) is 13.2 Å². The first kappa shape index (κ1) is 10.8. The smallest absolute Gasteiger partial charge is 0.326 e. The SMILES string of the molecule is CN(C)B(N(C)C)C(F)(F)F. The summed E-state index contributed by atoms with van der Waals surface area (Å²) in [6.07, 6.45) is -4.19. The second-order valence-corrected chi connectivity index (χ2v) is 2.84.